The summed E-state index contributed by atoms with van der Waals surface area (Å²) in [6, 6.07) is 9.41. The molecule has 0 aliphatic carbocycles. The molecular weight excluding hydrogens is 218 g/mol. The Morgan fingerprint density at radius 1 is 1.35 bits per heavy atom. The molecule has 4 nitrogen and oxygen atoms in total. The van der Waals surface area contributed by atoms with Gasteiger partial charge < -0.3 is 14.4 Å². The average molecular weight is 233 g/mol. The first-order valence-electron chi connectivity index (χ1n) is 5.86. The summed E-state index contributed by atoms with van der Waals surface area (Å²) in [6.07, 6.45) is 1.06. The second-order valence-corrected chi connectivity index (χ2v) is 4.61. The average Bonchev–Trinajstić information content (AvgIpc) is 2.24. The minimum absolute atomic E-state index is 0.0110. The Morgan fingerprint density at radius 3 is 2.65 bits per heavy atom. The highest BCUT2D eigenvalue weighted by molar-refractivity contribution is 5.79. The van der Waals surface area contributed by atoms with Crippen molar-refractivity contribution in [3.8, 4) is 5.75 Å². The fourth-order valence-corrected chi connectivity index (χ4v) is 2.31. The van der Waals surface area contributed by atoms with E-state index < -0.39 is 0 Å². The van der Waals surface area contributed by atoms with Crippen molar-refractivity contribution in [1.29, 1.82) is 0 Å². The van der Waals surface area contributed by atoms with Gasteiger partial charge in [-0.3, -0.25) is 4.79 Å². The third-order valence-electron chi connectivity index (χ3n) is 3.52. The van der Waals surface area contributed by atoms with Gasteiger partial charge in [0.05, 0.1) is 18.8 Å². The van der Waals surface area contributed by atoms with Crippen molar-refractivity contribution in [3.63, 3.8) is 0 Å². The topological polar surface area (TPSA) is 38.8 Å². The third kappa shape index (κ3) is 1.78. The molecule has 2 fully saturated rings. The molecule has 0 saturated carbocycles. The zero-order chi connectivity index (χ0) is 11.7. The summed E-state index contributed by atoms with van der Waals surface area (Å²) in [5.41, 5.74) is 0.0110. The molecule has 0 aromatic heterocycles. The van der Waals surface area contributed by atoms with Crippen molar-refractivity contribution < 1.29 is 14.3 Å². The van der Waals surface area contributed by atoms with Crippen LogP contribution < -0.4 is 4.74 Å². The Morgan fingerprint density at radius 2 is 2.12 bits per heavy atom. The summed E-state index contributed by atoms with van der Waals surface area (Å²) in [5.74, 6) is 0.795. The van der Waals surface area contributed by atoms with Crippen LogP contribution in [0.1, 0.15) is 6.42 Å². The first-order chi connectivity index (χ1) is 8.30. The van der Waals surface area contributed by atoms with Crippen LogP contribution in [0.4, 0.5) is 0 Å². The highest BCUT2D eigenvalue weighted by Crippen LogP contribution is 2.37. The van der Waals surface area contributed by atoms with Crippen LogP contribution in [0.25, 0.3) is 0 Å². The van der Waals surface area contributed by atoms with Gasteiger partial charge in [0.15, 0.2) is 6.61 Å². The molecule has 1 aromatic carbocycles. The van der Waals surface area contributed by atoms with Crippen molar-refractivity contribution in [3.05, 3.63) is 30.3 Å². The maximum Gasteiger partial charge on any atom is 0.261 e. The summed E-state index contributed by atoms with van der Waals surface area (Å²) in [4.78, 5) is 13.8. The number of ether oxygens (including phenoxy) is 2. The van der Waals surface area contributed by atoms with Gasteiger partial charge in [0.1, 0.15) is 5.75 Å². The number of carbonyl (C=O) groups is 1. The lowest BCUT2D eigenvalue weighted by Crippen LogP contribution is -2.72. The van der Waals surface area contributed by atoms with E-state index in [1.807, 2.05) is 35.2 Å². The van der Waals surface area contributed by atoms with E-state index in [4.69, 9.17) is 9.47 Å². The third-order valence-corrected chi connectivity index (χ3v) is 3.52. The van der Waals surface area contributed by atoms with Crippen LogP contribution >= 0.6 is 0 Å². The summed E-state index contributed by atoms with van der Waals surface area (Å²) in [7, 11) is 0. The number of para-hydroxylation sites is 1. The minimum atomic E-state index is 0.0110. The highest BCUT2D eigenvalue weighted by Gasteiger charge is 2.52. The zero-order valence-corrected chi connectivity index (χ0v) is 9.59. The Labute approximate surface area is 100 Å². The molecule has 2 aliphatic heterocycles. The molecule has 2 saturated heterocycles. The van der Waals surface area contributed by atoms with E-state index in [1.54, 1.807) is 0 Å². The molecule has 0 N–H and O–H groups in total. The van der Waals surface area contributed by atoms with Crippen LogP contribution in [0.5, 0.6) is 5.75 Å². The normalized spacial score (nSPS) is 20.6. The van der Waals surface area contributed by atoms with Gasteiger partial charge in [-0.25, -0.2) is 0 Å². The summed E-state index contributed by atoms with van der Waals surface area (Å²) in [6.45, 7) is 2.32. The molecule has 2 heterocycles. The number of amides is 1. The number of benzene rings is 1. The molecule has 0 unspecified atom stereocenters. The molecule has 3 rings (SSSR count). The van der Waals surface area contributed by atoms with Crippen LogP contribution in [-0.4, -0.2) is 42.7 Å². The molecule has 2 aliphatic rings. The molecule has 0 radical (unpaired) electrons. The van der Waals surface area contributed by atoms with Gasteiger partial charge in [-0.15, -0.1) is 0 Å². The molecule has 17 heavy (non-hydrogen) atoms. The molecule has 4 heteroatoms. The second-order valence-electron chi connectivity index (χ2n) is 4.61. The molecule has 0 bridgehead atoms. The van der Waals surface area contributed by atoms with Crippen LogP contribution in [0.3, 0.4) is 0 Å². The fraction of sp³-hybridized carbons (Fsp3) is 0.462. The lowest BCUT2D eigenvalue weighted by atomic mass is 9.83. The van der Waals surface area contributed by atoms with Crippen LogP contribution in [0.2, 0.25) is 0 Å². The van der Waals surface area contributed by atoms with Crippen molar-refractivity contribution in [2.45, 2.75) is 12.0 Å². The fourth-order valence-electron chi connectivity index (χ4n) is 2.31. The molecule has 0 atom stereocenters. The quantitative estimate of drug-likeness (QED) is 0.783. The minimum Gasteiger partial charge on any atom is -0.484 e. The Bertz CT molecular complexity index is 408. The largest absolute Gasteiger partial charge is 0.484 e. The van der Waals surface area contributed by atoms with Gasteiger partial charge in [0.2, 0.25) is 0 Å². The summed E-state index contributed by atoms with van der Waals surface area (Å²) in [5, 5.41) is 0. The monoisotopic (exact) mass is 233 g/mol. The maximum absolute atomic E-state index is 12.0. The molecule has 1 aromatic rings. The Hall–Kier alpha value is -1.55. The van der Waals surface area contributed by atoms with Crippen LogP contribution in [-0.2, 0) is 9.53 Å². The van der Waals surface area contributed by atoms with Gasteiger partial charge in [0.25, 0.3) is 5.91 Å². The van der Waals surface area contributed by atoms with Crippen molar-refractivity contribution in [2.24, 2.45) is 0 Å². The Balaban J connectivity index is 1.54. The van der Waals surface area contributed by atoms with E-state index in [-0.39, 0.29) is 18.1 Å². The van der Waals surface area contributed by atoms with Crippen LogP contribution in [0.15, 0.2) is 30.3 Å². The van der Waals surface area contributed by atoms with E-state index in [2.05, 4.69) is 0 Å². The van der Waals surface area contributed by atoms with Gasteiger partial charge in [-0.05, 0) is 18.6 Å². The summed E-state index contributed by atoms with van der Waals surface area (Å²) < 4.78 is 10.6. The van der Waals surface area contributed by atoms with Gasteiger partial charge in [0, 0.05) is 6.54 Å². The number of hydrogen-bond acceptors (Lipinski definition) is 3. The van der Waals surface area contributed by atoms with Crippen molar-refractivity contribution in [2.75, 3.05) is 26.4 Å². The number of hydrogen-bond donors (Lipinski definition) is 0. The van der Waals surface area contributed by atoms with E-state index in [0.717, 1.165) is 18.7 Å². The molecular formula is C13H15NO3. The number of rotatable bonds is 3. The molecule has 1 amide bonds. The first kappa shape index (κ1) is 10.6. The van der Waals surface area contributed by atoms with E-state index in [9.17, 15) is 4.79 Å². The number of nitrogens with zero attached hydrogens (tertiary/aromatic N) is 1. The van der Waals surface area contributed by atoms with Gasteiger partial charge in [-0.1, -0.05) is 18.2 Å². The number of carbonyl (C=O) groups excluding carboxylic acids is 1. The second kappa shape index (κ2) is 4.04. The predicted molar refractivity (Wildman–Crippen MR) is 61.8 cm³/mol. The zero-order valence-electron chi connectivity index (χ0n) is 9.59. The van der Waals surface area contributed by atoms with Gasteiger partial charge >= 0.3 is 0 Å². The van der Waals surface area contributed by atoms with E-state index >= 15 is 0 Å². The van der Waals surface area contributed by atoms with Gasteiger partial charge in [-0.2, -0.15) is 0 Å². The maximum atomic E-state index is 12.0. The SMILES string of the molecule is O=C(COc1ccccc1)N1CCC12COC2. The molecule has 1 spiro atoms. The van der Waals surface area contributed by atoms with Crippen LogP contribution in [0, 0.1) is 0 Å². The first-order valence-corrected chi connectivity index (χ1v) is 5.86. The summed E-state index contributed by atoms with van der Waals surface area (Å²) >= 11 is 0. The molecule has 90 valence electrons. The van der Waals surface area contributed by atoms with Crippen molar-refractivity contribution in [1.82, 2.24) is 4.90 Å². The standard InChI is InChI=1S/C13H15NO3/c15-12(8-17-11-4-2-1-3-5-11)14-7-6-13(14)9-16-10-13/h1-5H,6-10H2. The lowest BCUT2D eigenvalue weighted by Gasteiger charge is -2.57. The van der Waals surface area contributed by atoms with E-state index in [1.165, 1.54) is 0 Å². The lowest BCUT2D eigenvalue weighted by molar-refractivity contribution is -0.201. The van der Waals surface area contributed by atoms with E-state index in [0.29, 0.717) is 13.2 Å². The predicted octanol–water partition coefficient (Wildman–Crippen LogP) is 1.07. The number of likely N-dealkylation sites (tertiary alicyclic amines) is 1. The highest BCUT2D eigenvalue weighted by atomic mass is 16.5. The Kier molecular flexibility index (Phi) is 2.52. The van der Waals surface area contributed by atoms with Crippen molar-refractivity contribution >= 4 is 5.91 Å². The smallest absolute Gasteiger partial charge is 0.261 e.